The minimum atomic E-state index is -4.20. The number of halogens is 3. The second-order valence-corrected chi connectivity index (χ2v) is 2.19. The van der Waals surface area contributed by atoms with Gasteiger partial charge in [0.1, 0.15) is 0 Å². The number of primary amides is 1. The maximum Gasteiger partial charge on any atom is 0.391 e. The highest BCUT2D eigenvalue weighted by Gasteiger charge is 2.26. The number of alkyl halides is 3. The first kappa shape index (κ1) is 11.2. The van der Waals surface area contributed by atoms with Gasteiger partial charge in [0.2, 0.25) is 5.91 Å². The second-order valence-electron chi connectivity index (χ2n) is 2.19. The van der Waals surface area contributed by atoms with E-state index >= 15 is 0 Å². The predicted molar refractivity (Wildman–Crippen MR) is 35.3 cm³/mol. The molecule has 2 N–H and O–H groups in total. The summed E-state index contributed by atoms with van der Waals surface area (Å²) in [6, 6.07) is 0. The van der Waals surface area contributed by atoms with Gasteiger partial charge >= 0.3 is 6.18 Å². The molecule has 0 spiro atoms. The number of rotatable bonds is 5. The largest absolute Gasteiger partial charge is 0.391 e. The van der Waals surface area contributed by atoms with Crippen molar-refractivity contribution in [3.05, 3.63) is 0 Å². The summed E-state index contributed by atoms with van der Waals surface area (Å²) >= 11 is 0. The zero-order valence-corrected chi connectivity index (χ0v) is 6.36. The van der Waals surface area contributed by atoms with Crippen molar-refractivity contribution in [2.75, 3.05) is 13.2 Å². The molecule has 0 saturated carbocycles. The van der Waals surface area contributed by atoms with E-state index < -0.39 is 25.1 Å². The molecule has 0 aliphatic heterocycles. The van der Waals surface area contributed by atoms with Gasteiger partial charge in [0, 0.05) is 6.42 Å². The summed E-state index contributed by atoms with van der Waals surface area (Å²) in [7, 11) is 0. The molecule has 12 heavy (non-hydrogen) atoms. The fraction of sp³-hybridized carbons (Fsp3) is 0.833. The van der Waals surface area contributed by atoms with Crippen molar-refractivity contribution in [2.45, 2.75) is 19.0 Å². The van der Waals surface area contributed by atoms with Crippen molar-refractivity contribution in [1.29, 1.82) is 0 Å². The Hall–Kier alpha value is -0.780. The van der Waals surface area contributed by atoms with E-state index in [0.29, 0.717) is 0 Å². The molecular formula is C6H10F3NO2. The highest BCUT2D eigenvalue weighted by Crippen LogP contribution is 2.18. The Morgan fingerprint density at radius 2 is 1.92 bits per heavy atom. The summed E-state index contributed by atoms with van der Waals surface area (Å²) < 4.78 is 38.9. The van der Waals surface area contributed by atoms with E-state index in [9.17, 15) is 18.0 Å². The normalized spacial score (nSPS) is 11.6. The lowest BCUT2D eigenvalue weighted by Gasteiger charge is -2.05. The van der Waals surface area contributed by atoms with Gasteiger partial charge in [-0.3, -0.25) is 4.79 Å². The topological polar surface area (TPSA) is 52.3 Å². The van der Waals surface area contributed by atoms with Crippen LogP contribution in [0.15, 0.2) is 0 Å². The van der Waals surface area contributed by atoms with Crippen LogP contribution in [0.1, 0.15) is 12.8 Å². The van der Waals surface area contributed by atoms with Crippen LogP contribution in [0.4, 0.5) is 13.2 Å². The van der Waals surface area contributed by atoms with Crippen LogP contribution in [-0.4, -0.2) is 25.3 Å². The summed E-state index contributed by atoms with van der Waals surface area (Å²) in [5, 5.41) is 0. The van der Waals surface area contributed by atoms with Crippen LogP contribution >= 0.6 is 0 Å². The predicted octanol–water partition coefficient (Wildman–Crippen LogP) is 0.831. The van der Waals surface area contributed by atoms with Gasteiger partial charge in [-0.1, -0.05) is 0 Å². The molecular weight excluding hydrogens is 175 g/mol. The number of ether oxygens (including phenoxy) is 1. The van der Waals surface area contributed by atoms with E-state index in [1.165, 1.54) is 0 Å². The summed E-state index contributed by atoms with van der Waals surface area (Å²) in [5.41, 5.74) is 4.72. The minimum absolute atomic E-state index is 0.0438. The zero-order valence-electron chi connectivity index (χ0n) is 6.36. The fourth-order valence-electron chi connectivity index (χ4n) is 0.463. The fourth-order valence-corrected chi connectivity index (χ4v) is 0.463. The van der Waals surface area contributed by atoms with Crippen molar-refractivity contribution in [1.82, 2.24) is 0 Å². The number of carbonyl (C=O) groups excluding carboxylic acids is 1. The third-order valence-corrected chi connectivity index (χ3v) is 1.02. The number of hydrogen-bond acceptors (Lipinski definition) is 2. The Labute approximate surface area is 67.7 Å². The van der Waals surface area contributed by atoms with Crippen LogP contribution in [0.5, 0.6) is 0 Å². The Balaban J connectivity index is 3.17. The zero-order chi connectivity index (χ0) is 9.61. The maximum atomic E-state index is 11.5. The Bertz CT molecular complexity index is 146. The molecule has 0 aromatic carbocycles. The number of carbonyl (C=O) groups is 1. The van der Waals surface area contributed by atoms with Gasteiger partial charge in [0.15, 0.2) is 0 Å². The third-order valence-electron chi connectivity index (χ3n) is 1.02. The second kappa shape index (κ2) is 4.97. The van der Waals surface area contributed by atoms with Crippen LogP contribution in [-0.2, 0) is 9.53 Å². The molecule has 0 aliphatic rings. The maximum absolute atomic E-state index is 11.5. The Kier molecular flexibility index (Phi) is 4.65. The van der Waals surface area contributed by atoms with Crippen molar-refractivity contribution < 1.29 is 22.7 Å². The molecule has 0 aliphatic carbocycles. The van der Waals surface area contributed by atoms with E-state index in [4.69, 9.17) is 5.73 Å². The molecule has 72 valence electrons. The molecule has 0 radical (unpaired) electrons. The quantitative estimate of drug-likeness (QED) is 0.645. The molecule has 6 heteroatoms. The standard InChI is InChI=1S/C6H10F3NO2/c7-6(8,9)2-4-12-3-1-5(10)11/h1-4H2,(H2,10,11). The average molecular weight is 185 g/mol. The molecule has 0 aromatic rings. The molecule has 3 nitrogen and oxygen atoms in total. The number of hydrogen-bond donors (Lipinski definition) is 1. The van der Waals surface area contributed by atoms with Gasteiger partial charge in [0.25, 0.3) is 0 Å². The average Bonchev–Trinajstić information content (AvgIpc) is 1.83. The van der Waals surface area contributed by atoms with Gasteiger partial charge in [-0.15, -0.1) is 0 Å². The van der Waals surface area contributed by atoms with E-state index in [0.717, 1.165) is 0 Å². The lowest BCUT2D eigenvalue weighted by Crippen LogP contribution is -2.16. The SMILES string of the molecule is NC(=O)CCOCCC(F)(F)F. The van der Waals surface area contributed by atoms with Gasteiger partial charge in [-0.05, 0) is 0 Å². The molecule has 0 rings (SSSR count). The van der Waals surface area contributed by atoms with E-state index in [-0.39, 0.29) is 13.0 Å². The lowest BCUT2D eigenvalue weighted by atomic mass is 10.4. The van der Waals surface area contributed by atoms with Crippen molar-refractivity contribution in [2.24, 2.45) is 5.73 Å². The smallest absolute Gasteiger partial charge is 0.381 e. The van der Waals surface area contributed by atoms with Crippen LogP contribution in [0.25, 0.3) is 0 Å². The van der Waals surface area contributed by atoms with Crippen LogP contribution in [0.3, 0.4) is 0 Å². The van der Waals surface area contributed by atoms with Crippen LogP contribution in [0, 0.1) is 0 Å². The van der Waals surface area contributed by atoms with E-state index in [2.05, 4.69) is 4.74 Å². The third kappa shape index (κ3) is 9.22. The first-order chi connectivity index (χ1) is 5.42. The molecule has 0 aromatic heterocycles. The summed E-state index contributed by atoms with van der Waals surface area (Å²) in [6.45, 7) is -0.470. The van der Waals surface area contributed by atoms with Gasteiger partial charge in [0.05, 0.1) is 19.6 Å². The van der Waals surface area contributed by atoms with E-state index in [1.54, 1.807) is 0 Å². The molecule has 0 unspecified atom stereocenters. The van der Waals surface area contributed by atoms with Gasteiger partial charge in [-0.2, -0.15) is 13.2 Å². The number of nitrogens with two attached hydrogens (primary N) is 1. The summed E-state index contributed by atoms with van der Waals surface area (Å²) in [6.07, 6.45) is -5.24. The van der Waals surface area contributed by atoms with Crippen molar-refractivity contribution in [3.63, 3.8) is 0 Å². The first-order valence-electron chi connectivity index (χ1n) is 3.34. The lowest BCUT2D eigenvalue weighted by molar-refractivity contribution is -0.145. The minimum Gasteiger partial charge on any atom is -0.381 e. The number of amides is 1. The van der Waals surface area contributed by atoms with Crippen LogP contribution < -0.4 is 5.73 Å². The highest BCUT2D eigenvalue weighted by molar-refractivity contribution is 5.73. The highest BCUT2D eigenvalue weighted by atomic mass is 19.4. The van der Waals surface area contributed by atoms with E-state index in [1.807, 2.05) is 0 Å². The van der Waals surface area contributed by atoms with Crippen LogP contribution in [0.2, 0.25) is 0 Å². The molecule has 0 atom stereocenters. The Morgan fingerprint density at radius 3 is 2.33 bits per heavy atom. The molecule has 0 fully saturated rings. The van der Waals surface area contributed by atoms with Crippen molar-refractivity contribution in [3.8, 4) is 0 Å². The van der Waals surface area contributed by atoms with Gasteiger partial charge < -0.3 is 10.5 Å². The Morgan fingerprint density at radius 1 is 1.33 bits per heavy atom. The van der Waals surface area contributed by atoms with Crippen molar-refractivity contribution >= 4 is 5.91 Å². The molecule has 0 saturated heterocycles. The molecule has 1 amide bonds. The summed E-state index contributed by atoms with van der Waals surface area (Å²) in [4.78, 5) is 10.1. The molecule has 0 heterocycles. The monoisotopic (exact) mass is 185 g/mol. The first-order valence-corrected chi connectivity index (χ1v) is 3.34. The van der Waals surface area contributed by atoms with Gasteiger partial charge in [-0.25, -0.2) is 0 Å². The summed E-state index contributed by atoms with van der Waals surface area (Å²) in [5.74, 6) is -0.581. The molecule has 0 bridgehead atoms.